The molecule has 4 heteroatoms. The van der Waals surface area contributed by atoms with E-state index in [2.05, 4.69) is 10.2 Å². The van der Waals surface area contributed by atoms with E-state index in [-0.39, 0.29) is 0 Å². The number of nitrogens with zero attached hydrogens (tertiary/aromatic N) is 4. The molecule has 2 heterocycles. The molecule has 3 aromatic rings. The van der Waals surface area contributed by atoms with E-state index in [9.17, 15) is 0 Å². The first kappa shape index (κ1) is 8.35. The van der Waals surface area contributed by atoms with Gasteiger partial charge >= 0.3 is 0 Å². The lowest BCUT2D eigenvalue weighted by Crippen LogP contribution is -2.35. The molecule has 0 aliphatic carbocycles. The molecule has 0 bridgehead atoms. The van der Waals surface area contributed by atoms with Crippen molar-refractivity contribution in [3.05, 3.63) is 41.7 Å². The monoisotopic (exact) mass is 199 g/mol. The summed E-state index contributed by atoms with van der Waals surface area (Å²) in [4.78, 5) is 0. The van der Waals surface area contributed by atoms with E-state index in [1.54, 1.807) is 0 Å². The number of aryl methyl sites for hydroxylation is 2. The second-order valence-corrected chi connectivity index (χ2v) is 3.69. The molecule has 4 nitrogen and oxygen atoms in total. The molecule has 0 unspecified atom stereocenters. The van der Waals surface area contributed by atoms with Gasteiger partial charge in [-0.25, -0.2) is 0 Å². The number of fused-ring (bicyclic) bond motifs is 3. The fraction of sp³-hybridized carbons (Fsp3) is 0.182. The molecule has 74 valence electrons. The lowest BCUT2D eigenvalue weighted by atomic mass is 10.3. The molecule has 3 rings (SSSR count). The lowest BCUT2D eigenvalue weighted by molar-refractivity contribution is -0.661. The standard InChI is InChI=1S/C11H11N4/c1-8-7-9(2)14-13-10-5-3-4-6-11(10)15(14)12-8/h3-7H,1-2H3/q+1. The molecule has 0 spiro atoms. The molecule has 0 saturated heterocycles. The largest absolute Gasteiger partial charge is 0.252 e. The van der Waals surface area contributed by atoms with Gasteiger partial charge in [0.2, 0.25) is 5.52 Å². The average molecular weight is 199 g/mol. The van der Waals surface area contributed by atoms with Gasteiger partial charge in [0.15, 0.2) is 0 Å². The zero-order valence-electron chi connectivity index (χ0n) is 8.68. The third-order valence-corrected chi connectivity index (χ3v) is 2.46. The summed E-state index contributed by atoms with van der Waals surface area (Å²) in [7, 11) is 0. The van der Waals surface area contributed by atoms with E-state index >= 15 is 0 Å². The van der Waals surface area contributed by atoms with Crippen LogP contribution in [-0.4, -0.2) is 14.8 Å². The maximum absolute atomic E-state index is 4.47. The van der Waals surface area contributed by atoms with Crippen LogP contribution >= 0.6 is 0 Å². The Morgan fingerprint density at radius 3 is 2.87 bits per heavy atom. The summed E-state index contributed by atoms with van der Waals surface area (Å²) in [6.07, 6.45) is 0. The van der Waals surface area contributed by atoms with Crippen LogP contribution in [0.3, 0.4) is 0 Å². The molecule has 2 aromatic heterocycles. The first-order chi connectivity index (χ1) is 7.25. The summed E-state index contributed by atoms with van der Waals surface area (Å²) in [5, 5.41) is 8.91. The van der Waals surface area contributed by atoms with E-state index in [1.807, 2.05) is 53.4 Å². The summed E-state index contributed by atoms with van der Waals surface area (Å²) < 4.78 is 3.65. The maximum atomic E-state index is 4.47. The SMILES string of the molecule is Cc1cc(C)n2nc3ccccc3[n+]2n1. The average Bonchev–Trinajstić information content (AvgIpc) is 2.57. The molecular weight excluding hydrogens is 188 g/mol. The fourth-order valence-corrected chi connectivity index (χ4v) is 1.83. The smallest absolute Gasteiger partial charge is 0.0623 e. The molecule has 0 amide bonds. The molecule has 15 heavy (non-hydrogen) atoms. The zero-order chi connectivity index (χ0) is 10.4. The summed E-state index contributed by atoms with van der Waals surface area (Å²) in [6.45, 7) is 4.02. The van der Waals surface area contributed by atoms with Crippen molar-refractivity contribution in [1.82, 2.24) is 14.8 Å². The van der Waals surface area contributed by atoms with Crippen molar-refractivity contribution in [3.63, 3.8) is 0 Å². The first-order valence-electron chi connectivity index (χ1n) is 4.90. The lowest BCUT2D eigenvalue weighted by Gasteiger charge is -1.92. The van der Waals surface area contributed by atoms with Gasteiger partial charge in [-0.15, -0.1) is 0 Å². The van der Waals surface area contributed by atoms with Gasteiger partial charge in [-0.05, 0) is 36.7 Å². The minimum atomic E-state index is 0.962. The van der Waals surface area contributed by atoms with Crippen LogP contribution < -0.4 is 4.63 Å². The fourth-order valence-electron chi connectivity index (χ4n) is 1.83. The van der Waals surface area contributed by atoms with Crippen LogP contribution in [0.5, 0.6) is 0 Å². The van der Waals surface area contributed by atoms with Crippen molar-refractivity contribution < 1.29 is 4.63 Å². The van der Waals surface area contributed by atoms with Crippen molar-refractivity contribution in [2.75, 3.05) is 0 Å². The predicted octanol–water partition coefficient (Wildman–Crippen LogP) is 1.08. The Bertz CT molecular complexity index is 654. The molecule has 0 fully saturated rings. The normalized spacial score (nSPS) is 11.3. The Balaban J connectivity index is 2.61. The third kappa shape index (κ3) is 1.11. The van der Waals surface area contributed by atoms with Crippen molar-refractivity contribution in [3.8, 4) is 0 Å². The number of aromatic nitrogens is 4. The second kappa shape index (κ2) is 2.76. The number of rotatable bonds is 0. The van der Waals surface area contributed by atoms with Gasteiger partial charge in [-0.3, -0.25) is 0 Å². The minimum absolute atomic E-state index is 0.962. The summed E-state index contributed by atoms with van der Waals surface area (Å²) >= 11 is 0. The molecule has 0 aliphatic rings. The Morgan fingerprint density at radius 2 is 2.00 bits per heavy atom. The molecule has 0 N–H and O–H groups in total. The van der Waals surface area contributed by atoms with E-state index in [1.165, 1.54) is 0 Å². The maximum Gasteiger partial charge on any atom is 0.252 e. The number of benzene rings is 1. The van der Waals surface area contributed by atoms with Gasteiger partial charge in [0.1, 0.15) is 5.69 Å². The van der Waals surface area contributed by atoms with Crippen LogP contribution in [0.25, 0.3) is 11.0 Å². The summed E-state index contributed by atoms with van der Waals surface area (Å²) in [5.74, 6) is 0. The first-order valence-corrected chi connectivity index (χ1v) is 4.90. The van der Waals surface area contributed by atoms with Gasteiger partial charge in [0.05, 0.1) is 10.8 Å². The van der Waals surface area contributed by atoms with Gasteiger partial charge in [0.25, 0.3) is 5.52 Å². The second-order valence-electron chi connectivity index (χ2n) is 3.69. The molecule has 0 aliphatic heterocycles. The predicted molar refractivity (Wildman–Crippen MR) is 55.6 cm³/mol. The van der Waals surface area contributed by atoms with Crippen molar-refractivity contribution in [2.24, 2.45) is 0 Å². The zero-order valence-corrected chi connectivity index (χ0v) is 8.68. The summed E-state index contributed by atoms with van der Waals surface area (Å²) in [5.41, 5.74) is 4.07. The number of hydrogen-bond donors (Lipinski definition) is 0. The number of para-hydroxylation sites is 1. The van der Waals surface area contributed by atoms with Crippen LogP contribution in [0.15, 0.2) is 30.3 Å². The Labute approximate surface area is 86.8 Å². The summed E-state index contributed by atoms with van der Waals surface area (Å²) in [6, 6.07) is 10.0. The Morgan fingerprint density at radius 1 is 1.20 bits per heavy atom. The molecule has 0 atom stereocenters. The highest BCUT2D eigenvalue weighted by Crippen LogP contribution is 2.06. The Hall–Kier alpha value is -1.97. The number of hydrogen-bond acceptors (Lipinski definition) is 2. The van der Waals surface area contributed by atoms with E-state index < -0.39 is 0 Å². The van der Waals surface area contributed by atoms with Gasteiger partial charge in [-0.2, -0.15) is 0 Å². The van der Waals surface area contributed by atoms with E-state index in [4.69, 9.17) is 0 Å². The molecular formula is C11H11N4+. The highest BCUT2D eigenvalue weighted by molar-refractivity contribution is 5.69. The van der Waals surface area contributed by atoms with Crippen molar-refractivity contribution in [2.45, 2.75) is 13.8 Å². The highest BCUT2D eigenvalue weighted by Gasteiger charge is 2.15. The van der Waals surface area contributed by atoms with E-state index in [0.29, 0.717) is 0 Å². The van der Waals surface area contributed by atoms with Crippen LogP contribution in [0.1, 0.15) is 11.4 Å². The topological polar surface area (TPSA) is 34.3 Å². The Kier molecular flexibility index (Phi) is 1.54. The van der Waals surface area contributed by atoms with Gasteiger partial charge < -0.3 is 0 Å². The van der Waals surface area contributed by atoms with Crippen LogP contribution in [-0.2, 0) is 0 Å². The van der Waals surface area contributed by atoms with Crippen LogP contribution in [0, 0.1) is 13.8 Å². The van der Waals surface area contributed by atoms with Gasteiger partial charge in [-0.1, -0.05) is 17.2 Å². The molecule has 1 aromatic carbocycles. The highest BCUT2D eigenvalue weighted by atomic mass is 15.6. The molecule has 0 saturated carbocycles. The van der Waals surface area contributed by atoms with Crippen LogP contribution in [0.4, 0.5) is 0 Å². The quantitative estimate of drug-likeness (QED) is 0.508. The van der Waals surface area contributed by atoms with Crippen molar-refractivity contribution in [1.29, 1.82) is 0 Å². The van der Waals surface area contributed by atoms with Crippen molar-refractivity contribution >= 4 is 11.0 Å². The van der Waals surface area contributed by atoms with Gasteiger partial charge in [0, 0.05) is 4.63 Å². The van der Waals surface area contributed by atoms with Crippen LogP contribution in [0.2, 0.25) is 0 Å². The third-order valence-electron chi connectivity index (χ3n) is 2.46. The molecule has 0 radical (unpaired) electrons. The minimum Gasteiger partial charge on any atom is -0.0623 e. The van der Waals surface area contributed by atoms with E-state index in [0.717, 1.165) is 22.4 Å².